The van der Waals surface area contributed by atoms with Gasteiger partial charge in [0.25, 0.3) is 0 Å². The van der Waals surface area contributed by atoms with E-state index in [1.54, 1.807) is 19.3 Å². The van der Waals surface area contributed by atoms with Gasteiger partial charge in [0.1, 0.15) is 6.54 Å². The highest BCUT2D eigenvalue weighted by Gasteiger charge is 2.17. The third kappa shape index (κ3) is 4.93. The number of anilines is 2. The summed E-state index contributed by atoms with van der Waals surface area (Å²) in [6.45, 7) is 4.57. The van der Waals surface area contributed by atoms with Gasteiger partial charge >= 0.3 is 5.97 Å². The van der Waals surface area contributed by atoms with E-state index in [4.69, 9.17) is 4.74 Å². The van der Waals surface area contributed by atoms with Gasteiger partial charge in [0.15, 0.2) is 7.98 Å². The third-order valence-corrected chi connectivity index (χ3v) is 3.63. The summed E-state index contributed by atoms with van der Waals surface area (Å²) in [6, 6.07) is 2.32. The van der Waals surface area contributed by atoms with E-state index in [0.29, 0.717) is 12.6 Å². The van der Waals surface area contributed by atoms with E-state index in [2.05, 4.69) is 28.4 Å². The van der Waals surface area contributed by atoms with Crippen LogP contribution in [0.1, 0.15) is 19.8 Å². The number of carbonyl (C=O) groups excluding carboxylic acids is 1. The van der Waals surface area contributed by atoms with Gasteiger partial charge in [-0.15, -0.1) is 0 Å². The van der Waals surface area contributed by atoms with Crippen LogP contribution < -0.4 is 10.6 Å². The lowest BCUT2D eigenvalue weighted by Gasteiger charge is -2.31. The van der Waals surface area contributed by atoms with Gasteiger partial charge in [-0.05, 0) is 38.9 Å². The summed E-state index contributed by atoms with van der Waals surface area (Å²) in [5, 5.41) is 6.63. The Kier molecular flexibility index (Phi) is 5.86. The van der Waals surface area contributed by atoms with Gasteiger partial charge in [-0.25, -0.2) is 0 Å². The number of nitrogens with zero attached hydrogens (tertiary/aromatic N) is 2. The molecule has 6 nitrogen and oxygen atoms in total. The Morgan fingerprint density at radius 2 is 2.24 bits per heavy atom. The molecule has 0 aliphatic carbocycles. The lowest BCUT2D eigenvalue weighted by molar-refractivity contribution is -0.140. The molecule has 1 aliphatic rings. The Balaban J connectivity index is 1.92. The van der Waals surface area contributed by atoms with Gasteiger partial charge in [-0.1, -0.05) is 0 Å². The first-order valence-corrected chi connectivity index (χ1v) is 7.47. The molecule has 1 saturated heterocycles. The number of ether oxygens (including phenoxy) is 1. The average molecular weight is 290 g/mol. The number of carbonyl (C=O) groups is 1. The van der Waals surface area contributed by atoms with E-state index < -0.39 is 0 Å². The number of hydrogen-bond donors (Lipinski definition) is 2. The molecule has 2 heterocycles. The molecule has 0 aromatic carbocycles. The monoisotopic (exact) mass is 290 g/mol. The van der Waals surface area contributed by atoms with E-state index in [-0.39, 0.29) is 12.5 Å². The SMILES string of the molecule is BN1CCC(Nc2cnccc2NCC(=O)OCC)CC1. The zero-order chi connectivity index (χ0) is 15.1. The Morgan fingerprint density at radius 3 is 2.95 bits per heavy atom. The summed E-state index contributed by atoms with van der Waals surface area (Å²) in [5.41, 5.74) is 1.83. The van der Waals surface area contributed by atoms with Crippen molar-refractivity contribution in [1.82, 2.24) is 9.79 Å². The predicted molar refractivity (Wildman–Crippen MR) is 86.1 cm³/mol. The molecule has 1 fully saturated rings. The Labute approximate surface area is 126 Å². The highest BCUT2D eigenvalue weighted by molar-refractivity contribution is 6.04. The summed E-state index contributed by atoms with van der Waals surface area (Å²) in [7, 11) is 2.15. The lowest BCUT2D eigenvalue weighted by Crippen LogP contribution is -2.37. The fraction of sp³-hybridized carbons (Fsp3) is 0.571. The lowest BCUT2D eigenvalue weighted by atomic mass is 10.0. The predicted octanol–water partition coefficient (Wildman–Crippen LogP) is 0.481. The number of esters is 1. The molecule has 2 rings (SSSR count). The van der Waals surface area contributed by atoms with Crippen LogP contribution in [0.15, 0.2) is 18.5 Å². The topological polar surface area (TPSA) is 66.5 Å². The van der Waals surface area contributed by atoms with Crippen molar-refractivity contribution in [2.24, 2.45) is 0 Å². The summed E-state index contributed by atoms with van der Waals surface area (Å²) < 4.78 is 4.92. The molecule has 1 aliphatic heterocycles. The first-order chi connectivity index (χ1) is 10.2. The van der Waals surface area contributed by atoms with Crippen molar-refractivity contribution in [2.75, 3.05) is 36.9 Å². The quantitative estimate of drug-likeness (QED) is 0.587. The van der Waals surface area contributed by atoms with Crippen molar-refractivity contribution in [3.63, 3.8) is 0 Å². The van der Waals surface area contributed by atoms with Crippen LogP contribution in [-0.2, 0) is 9.53 Å². The van der Waals surface area contributed by atoms with E-state index in [1.165, 1.54) is 0 Å². The maximum absolute atomic E-state index is 11.4. The number of aromatic nitrogens is 1. The van der Waals surface area contributed by atoms with Crippen molar-refractivity contribution < 1.29 is 9.53 Å². The van der Waals surface area contributed by atoms with Crippen molar-refractivity contribution >= 4 is 25.3 Å². The number of nitrogens with one attached hydrogen (secondary N) is 2. The van der Waals surface area contributed by atoms with Crippen molar-refractivity contribution in [3.05, 3.63) is 18.5 Å². The molecule has 21 heavy (non-hydrogen) atoms. The summed E-state index contributed by atoms with van der Waals surface area (Å²) >= 11 is 0. The smallest absolute Gasteiger partial charge is 0.325 e. The molecule has 7 heteroatoms. The van der Waals surface area contributed by atoms with Crippen LogP contribution in [0.4, 0.5) is 11.4 Å². The van der Waals surface area contributed by atoms with Crippen LogP contribution in [0.3, 0.4) is 0 Å². The van der Waals surface area contributed by atoms with Gasteiger partial charge in [0, 0.05) is 12.2 Å². The van der Waals surface area contributed by atoms with Crippen LogP contribution in [0.2, 0.25) is 0 Å². The second-order valence-corrected chi connectivity index (χ2v) is 5.30. The second-order valence-electron chi connectivity index (χ2n) is 5.30. The zero-order valence-corrected chi connectivity index (χ0v) is 12.8. The maximum atomic E-state index is 11.4. The number of hydrogen-bond acceptors (Lipinski definition) is 6. The number of piperidine rings is 1. The Hall–Kier alpha value is -1.76. The number of rotatable bonds is 6. The van der Waals surface area contributed by atoms with E-state index in [0.717, 1.165) is 37.3 Å². The molecule has 0 unspecified atom stereocenters. The van der Waals surface area contributed by atoms with Crippen LogP contribution >= 0.6 is 0 Å². The normalized spacial score (nSPS) is 16.4. The highest BCUT2D eigenvalue weighted by atomic mass is 16.5. The molecule has 0 saturated carbocycles. The minimum Gasteiger partial charge on any atom is -0.465 e. The van der Waals surface area contributed by atoms with Gasteiger partial charge in [-0.2, -0.15) is 0 Å². The van der Waals surface area contributed by atoms with Crippen LogP contribution in [-0.4, -0.2) is 56.0 Å². The molecule has 0 radical (unpaired) electrons. The van der Waals surface area contributed by atoms with Crippen molar-refractivity contribution in [3.8, 4) is 0 Å². The molecular formula is C14H23BN4O2. The summed E-state index contributed by atoms with van der Waals surface area (Å²) in [5.74, 6) is -0.250. The molecular weight excluding hydrogens is 267 g/mol. The first-order valence-electron chi connectivity index (χ1n) is 7.47. The van der Waals surface area contributed by atoms with E-state index in [9.17, 15) is 4.79 Å². The molecule has 2 N–H and O–H groups in total. The molecule has 1 aromatic rings. The fourth-order valence-corrected chi connectivity index (χ4v) is 2.42. The Morgan fingerprint density at radius 1 is 1.48 bits per heavy atom. The molecule has 0 spiro atoms. The second kappa shape index (κ2) is 7.88. The van der Waals surface area contributed by atoms with Crippen LogP contribution in [0, 0.1) is 0 Å². The van der Waals surface area contributed by atoms with Crippen LogP contribution in [0.5, 0.6) is 0 Å². The molecule has 114 valence electrons. The minimum atomic E-state index is -0.250. The van der Waals surface area contributed by atoms with Crippen molar-refractivity contribution in [2.45, 2.75) is 25.8 Å². The summed E-state index contributed by atoms with van der Waals surface area (Å²) in [6.07, 6.45) is 5.74. The minimum absolute atomic E-state index is 0.167. The largest absolute Gasteiger partial charge is 0.465 e. The van der Waals surface area contributed by atoms with E-state index in [1.807, 2.05) is 6.07 Å². The first kappa shape index (κ1) is 15.6. The zero-order valence-electron chi connectivity index (χ0n) is 12.8. The van der Waals surface area contributed by atoms with Gasteiger partial charge < -0.3 is 20.2 Å². The molecule has 0 amide bonds. The molecule has 1 aromatic heterocycles. The Bertz CT molecular complexity index is 464. The summed E-state index contributed by atoms with van der Waals surface area (Å²) in [4.78, 5) is 17.9. The molecule has 0 atom stereocenters. The average Bonchev–Trinajstić information content (AvgIpc) is 2.49. The molecule has 0 bridgehead atoms. The van der Waals surface area contributed by atoms with Gasteiger partial charge in [0.2, 0.25) is 0 Å². The fourth-order valence-electron chi connectivity index (χ4n) is 2.42. The highest BCUT2D eigenvalue weighted by Crippen LogP contribution is 2.23. The van der Waals surface area contributed by atoms with Gasteiger partial charge in [0.05, 0.1) is 24.2 Å². The number of pyridine rings is 1. The third-order valence-electron chi connectivity index (χ3n) is 3.63. The standard InChI is InChI=1S/C14H23BN4O2/c1-2-21-14(20)10-17-12-3-6-16-9-13(12)18-11-4-7-19(15)8-5-11/h3,6,9,11,18H,2,4-5,7-8,10,15H2,1H3,(H,16,17). The van der Waals surface area contributed by atoms with E-state index >= 15 is 0 Å². The maximum Gasteiger partial charge on any atom is 0.325 e. The van der Waals surface area contributed by atoms with Crippen molar-refractivity contribution in [1.29, 1.82) is 0 Å². The van der Waals surface area contributed by atoms with Crippen LogP contribution in [0.25, 0.3) is 0 Å². The van der Waals surface area contributed by atoms with Gasteiger partial charge in [-0.3, -0.25) is 9.78 Å².